The Morgan fingerprint density at radius 1 is 1.12 bits per heavy atom. The zero-order chi connectivity index (χ0) is 24.2. The van der Waals surface area contributed by atoms with Crippen LogP contribution in [-0.2, 0) is 16.1 Å². The summed E-state index contributed by atoms with van der Waals surface area (Å²) < 4.78 is 24.7. The Kier molecular flexibility index (Phi) is 6.82. The van der Waals surface area contributed by atoms with Crippen LogP contribution in [0, 0.1) is 11.7 Å². The fourth-order valence-electron chi connectivity index (χ4n) is 3.91. The first-order chi connectivity index (χ1) is 16.3. The molecule has 7 heteroatoms. The maximum atomic E-state index is 13.4. The minimum Gasteiger partial charge on any atom is -0.507 e. The second-order valence-corrected chi connectivity index (χ2v) is 8.62. The van der Waals surface area contributed by atoms with Gasteiger partial charge in [0.2, 0.25) is 0 Å². The number of nitrogens with zero attached hydrogens (tertiary/aromatic N) is 1. The molecule has 34 heavy (non-hydrogen) atoms. The summed E-state index contributed by atoms with van der Waals surface area (Å²) in [5, 5.41) is 11.0. The molecule has 1 aliphatic rings. The van der Waals surface area contributed by atoms with Crippen LogP contribution in [0.3, 0.4) is 0 Å². The summed E-state index contributed by atoms with van der Waals surface area (Å²) in [6.07, 6.45) is 2.37. The molecule has 0 bridgehead atoms. The SMILES string of the molecule is CC(C)CCOc1cccc(C2C(=C(O)c3ccc(F)cc3)C(=O)C(=O)N2Cc2ccco2)c1. The highest BCUT2D eigenvalue weighted by molar-refractivity contribution is 6.46. The number of amides is 1. The van der Waals surface area contributed by atoms with E-state index in [1.807, 2.05) is 6.07 Å². The standard InChI is InChI=1S/C27H26FNO5/c1-17(2)12-14-34-21-6-3-5-19(15-21)24-23(25(30)18-8-10-20(28)11-9-18)26(31)27(32)29(24)16-22-7-4-13-33-22/h3-11,13,15,17,24,30H,12,14,16H2,1-2H3. The lowest BCUT2D eigenvalue weighted by atomic mass is 9.95. The highest BCUT2D eigenvalue weighted by Crippen LogP contribution is 2.41. The maximum Gasteiger partial charge on any atom is 0.296 e. The van der Waals surface area contributed by atoms with E-state index in [2.05, 4.69) is 13.8 Å². The first-order valence-corrected chi connectivity index (χ1v) is 11.1. The first-order valence-electron chi connectivity index (χ1n) is 11.1. The molecule has 1 fully saturated rings. The van der Waals surface area contributed by atoms with Crippen LogP contribution in [0.2, 0.25) is 0 Å². The molecule has 176 valence electrons. The van der Waals surface area contributed by atoms with Gasteiger partial charge >= 0.3 is 0 Å². The topological polar surface area (TPSA) is 80.0 Å². The quantitative estimate of drug-likeness (QED) is 0.272. The van der Waals surface area contributed by atoms with Gasteiger partial charge in [0.05, 0.1) is 31.0 Å². The molecule has 3 aromatic rings. The van der Waals surface area contributed by atoms with Crippen molar-refractivity contribution in [3.8, 4) is 5.75 Å². The number of carbonyl (C=O) groups is 2. The van der Waals surface area contributed by atoms with Gasteiger partial charge in [-0.1, -0.05) is 26.0 Å². The van der Waals surface area contributed by atoms with Gasteiger partial charge in [0.15, 0.2) is 0 Å². The molecular weight excluding hydrogens is 437 g/mol. The van der Waals surface area contributed by atoms with Gasteiger partial charge in [-0.25, -0.2) is 4.39 Å². The molecule has 1 aromatic heterocycles. The average Bonchev–Trinajstić information content (AvgIpc) is 3.41. The summed E-state index contributed by atoms with van der Waals surface area (Å²) in [4.78, 5) is 27.5. The molecule has 0 aliphatic carbocycles. The van der Waals surface area contributed by atoms with Gasteiger partial charge in [-0.15, -0.1) is 0 Å². The number of ketones is 1. The third-order valence-corrected chi connectivity index (χ3v) is 5.70. The highest BCUT2D eigenvalue weighted by Gasteiger charge is 2.46. The van der Waals surface area contributed by atoms with Gasteiger partial charge in [0.1, 0.15) is 23.1 Å². The van der Waals surface area contributed by atoms with Crippen LogP contribution in [0.4, 0.5) is 4.39 Å². The van der Waals surface area contributed by atoms with Crippen molar-refractivity contribution in [3.63, 3.8) is 0 Å². The Labute approximate surface area is 197 Å². The summed E-state index contributed by atoms with van der Waals surface area (Å²) in [7, 11) is 0. The summed E-state index contributed by atoms with van der Waals surface area (Å²) >= 11 is 0. The van der Waals surface area contributed by atoms with E-state index < -0.39 is 23.5 Å². The number of aliphatic hydroxyl groups excluding tert-OH is 1. The Balaban J connectivity index is 1.77. The zero-order valence-corrected chi connectivity index (χ0v) is 19.0. The molecule has 1 saturated heterocycles. The third kappa shape index (κ3) is 4.88. The minimum absolute atomic E-state index is 0.0425. The molecule has 1 amide bonds. The number of ether oxygens (including phenoxy) is 1. The number of aliphatic hydroxyl groups is 1. The van der Waals surface area contributed by atoms with Crippen LogP contribution < -0.4 is 4.74 Å². The van der Waals surface area contributed by atoms with Crippen molar-refractivity contribution in [3.05, 3.63) is 95.2 Å². The van der Waals surface area contributed by atoms with Crippen molar-refractivity contribution in [2.75, 3.05) is 6.61 Å². The predicted molar refractivity (Wildman–Crippen MR) is 124 cm³/mol. The van der Waals surface area contributed by atoms with E-state index in [1.165, 1.54) is 35.4 Å². The maximum absolute atomic E-state index is 13.4. The largest absolute Gasteiger partial charge is 0.507 e. The van der Waals surface area contributed by atoms with E-state index in [1.54, 1.807) is 30.3 Å². The van der Waals surface area contributed by atoms with Gasteiger partial charge < -0.3 is 19.2 Å². The lowest BCUT2D eigenvalue weighted by Crippen LogP contribution is -2.29. The minimum atomic E-state index is -0.871. The second kappa shape index (κ2) is 9.95. The summed E-state index contributed by atoms with van der Waals surface area (Å²) in [6.45, 7) is 4.79. The fraction of sp³-hybridized carbons (Fsp3) is 0.259. The molecule has 6 nitrogen and oxygen atoms in total. The Morgan fingerprint density at radius 3 is 2.56 bits per heavy atom. The van der Waals surface area contributed by atoms with Gasteiger partial charge in [-0.2, -0.15) is 0 Å². The van der Waals surface area contributed by atoms with Crippen molar-refractivity contribution >= 4 is 17.4 Å². The molecule has 2 aromatic carbocycles. The number of hydrogen-bond donors (Lipinski definition) is 1. The van der Waals surface area contributed by atoms with E-state index in [0.29, 0.717) is 29.6 Å². The van der Waals surface area contributed by atoms with E-state index in [4.69, 9.17) is 9.15 Å². The molecule has 0 saturated carbocycles. The van der Waals surface area contributed by atoms with Crippen molar-refractivity contribution in [2.24, 2.45) is 5.92 Å². The van der Waals surface area contributed by atoms with Crippen molar-refractivity contribution < 1.29 is 28.2 Å². The smallest absolute Gasteiger partial charge is 0.296 e. The van der Waals surface area contributed by atoms with Gasteiger partial charge in [0, 0.05) is 5.56 Å². The van der Waals surface area contributed by atoms with Crippen molar-refractivity contribution in [2.45, 2.75) is 32.9 Å². The number of benzene rings is 2. The number of Topliss-reactive ketones (excluding diaryl/α,β-unsaturated/α-hetero) is 1. The van der Waals surface area contributed by atoms with Crippen molar-refractivity contribution in [1.82, 2.24) is 4.90 Å². The number of halogens is 1. The lowest BCUT2D eigenvalue weighted by Gasteiger charge is -2.25. The monoisotopic (exact) mass is 463 g/mol. The van der Waals surface area contributed by atoms with Crippen LogP contribution in [-0.4, -0.2) is 28.3 Å². The van der Waals surface area contributed by atoms with Gasteiger partial charge in [0.25, 0.3) is 11.7 Å². The third-order valence-electron chi connectivity index (χ3n) is 5.70. The van der Waals surface area contributed by atoms with E-state index in [0.717, 1.165) is 6.42 Å². The second-order valence-electron chi connectivity index (χ2n) is 8.62. The molecule has 1 N–H and O–H groups in total. The Morgan fingerprint density at radius 2 is 1.88 bits per heavy atom. The molecular formula is C27H26FNO5. The van der Waals surface area contributed by atoms with Crippen LogP contribution in [0.25, 0.3) is 5.76 Å². The van der Waals surface area contributed by atoms with Crippen LogP contribution in [0.1, 0.15) is 43.2 Å². The lowest BCUT2D eigenvalue weighted by molar-refractivity contribution is -0.140. The normalized spacial score (nSPS) is 17.5. The molecule has 1 atom stereocenters. The number of hydrogen-bond acceptors (Lipinski definition) is 5. The summed E-state index contributed by atoms with van der Waals surface area (Å²) in [6, 6.07) is 14.8. The van der Waals surface area contributed by atoms with Gasteiger partial charge in [-0.05, 0) is 66.4 Å². The molecule has 4 rings (SSSR count). The van der Waals surface area contributed by atoms with E-state index >= 15 is 0 Å². The summed E-state index contributed by atoms with van der Waals surface area (Å²) in [5.41, 5.74) is 0.783. The van der Waals surface area contributed by atoms with Gasteiger partial charge in [-0.3, -0.25) is 9.59 Å². The number of carbonyl (C=O) groups excluding carboxylic acids is 2. The fourth-order valence-corrected chi connectivity index (χ4v) is 3.91. The molecule has 1 aliphatic heterocycles. The summed E-state index contributed by atoms with van der Waals surface area (Å²) in [5.74, 6) is -0.824. The van der Waals surface area contributed by atoms with Crippen LogP contribution in [0.5, 0.6) is 5.75 Å². The predicted octanol–water partition coefficient (Wildman–Crippen LogP) is 5.47. The van der Waals surface area contributed by atoms with Crippen LogP contribution in [0.15, 0.2) is 76.9 Å². The van der Waals surface area contributed by atoms with Crippen LogP contribution >= 0.6 is 0 Å². The Hall–Kier alpha value is -3.87. The van der Waals surface area contributed by atoms with E-state index in [9.17, 15) is 19.1 Å². The van der Waals surface area contributed by atoms with Crippen molar-refractivity contribution in [1.29, 1.82) is 0 Å². The highest BCUT2D eigenvalue weighted by atomic mass is 19.1. The Bertz CT molecular complexity index is 1200. The average molecular weight is 464 g/mol. The molecule has 0 radical (unpaired) electrons. The molecule has 1 unspecified atom stereocenters. The number of likely N-dealkylation sites (tertiary alicyclic amines) is 1. The molecule has 2 heterocycles. The zero-order valence-electron chi connectivity index (χ0n) is 19.0. The molecule has 0 spiro atoms. The first kappa shape index (κ1) is 23.3. The number of furan rings is 1. The number of rotatable bonds is 8. The van der Waals surface area contributed by atoms with E-state index in [-0.39, 0.29) is 23.4 Å².